The van der Waals surface area contributed by atoms with E-state index in [9.17, 15) is 28.8 Å². The van der Waals surface area contributed by atoms with Crippen LogP contribution < -0.4 is 31.9 Å². The molecule has 1 aliphatic carbocycles. The van der Waals surface area contributed by atoms with E-state index in [2.05, 4.69) is 38.0 Å². The Balaban J connectivity index is 1.15. The molecule has 0 bridgehead atoms. The zero-order chi connectivity index (χ0) is 56.8. The molecule has 5 unspecified atom stereocenters. The van der Waals surface area contributed by atoms with E-state index in [1.165, 1.54) is 10.5 Å². The van der Waals surface area contributed by atoms with Crippen molar-refractivity contribution in [1.82, 2.24) is 46.6 Å². The highest BCUT2D eigenvalue weighted by molar-refractivity contribution is 6.31. The molecule has 2 aliphatic heterocycles. The second-order valence-electron chi connectivity index (χ2n) is 23.5. The van der Waals surface area contributed by atoms with Gasteiger partial charge in [-0.05, 0) is 123 Å². The summed E-state index contributed by atoms with van der Waals surface area (Å²) in [6.07, 6.45) is 2.95. The molecule has 0 spiro atoms. The van der Waals surface area contributed by atoms with Crippen molar-refractivity contribution < 1.29 is 33.6 Å². The summed E-state index contributed by atoms with van der Waals surface area (Å²) < 4.78 is 0. The lowest BCUT2D eigenvalue weighted by Gasteiger charge is -2.43. The number of hydrogen-bond donors (Lipinski definition) is 6. The highest BCUT2D eigenvalue weighted by atomic mass is 35.5. The first kappa shape index (κ1) is 59.0. The zero-order valence-electron chi connectivity index (χ0n) is 47.2. The van der Waals surface area contributed by atoms with Crippen LogP contribution in [0.3, 0.4) is 0 Å². The number of carbonyl (C=O) groups is 7. The van der Waals surface area contributed by atoms with Crippen molar-refractivity contribution in [3.63, 3.8) is 0 Å². The summed E-state index contributed by atoms with van der Waals surface area (Å²) in [5.41, 5.74) is 4.38. The van der Waals surface area contributed by atoms with Crippen LogP contribution in [0, 0.1) is 10.8 Å². The molecule has 7 amide bonds. The lowest BCUT2D eigenvalue weighted by Crippen LogP contribution is -2.62. The van der Waals surface area contributed by atoms with Crippen molar-refractivity contribution in [2.75, 3.05) is 20.6 Å². The van der Waals surface area contributed by atoms with Gasteiger partial charge in [-0.2, -0.15) is 0 Å². The van der Waals surface area contributed by atoms with Gasteiger partial charge in [-0.3, -0.25) is 33.6 Å². The Hall–Kier alpha value is -6.62. The average Bonchev–Trinajstić information content (AvgIpc) is 3.91. The summed E-state index contributed by atoms with van der Waals surface area (Å²) >= 11 is 6.84. The average molecular weight is 1090 g/mol. The maximum atomic E-state index is 15.5. The summed E-state index contributed by atoms with van der Waals surface area (Å²) in [4.78, 5) is 105. The van der Waals surface area contributed by atoms with Gasteiger partial charge in [-0.1, -0.05) is 132 Å². The molecular weight excluding hydrogens is 1010 g/mol. The highest BCUT2D eigenvalue weighted by Crippen LogP contribution is 2.35. The van der Waals surface area contributed by atoms with Gasteiger partial charge in [0.1, 0.15) is 24.2 Å². The van der Waals surface area contributed by atoms with Crippen molar-refractivity contribution in [2.24, 2.45) is 10.8 Å². The van der Waals surface area contributed by atoms with Crippen molar-refractivity contribution in [3.8, 4) is 0 Å². The first-order valence-corrected chi connectivity index (χ1v) is 27.7. The number of benzene rings is 4. The number of likely N-dealkylation sites (tertiary alicyclic amines) is 1. The third-order valence-corrected chi connectivity index (χ3v) is 16.2. The van der Waals surface area contributed by atoms with Crippen molar-refractivity contribution in [3.05, 3.63) is 141 Å². The van der Waals surface area contributed by atoms with E-state index in [0.29, 0.717) is 21.7 Å². The summed E-state index contributed by atoms with van der Waals surface area (Å²) in [5, 5.41) is 18.6. The fourth-order valence-corrected chi connectivity index (χ4v) is 11.1. The van der Waals surface area contributed by atoms with Crippen molar-refractivity contribution in [1.29, 1.82) is 0 Å². The van der Waals surface area contributed by atoms with E-state index in [-0.39, 0.29) is 68.1 Å². The van der Waals surface area contributed by atoms with Gasteiger partial charge in [0.2, 0.25) is 35.4 Å². The molecule has 3 aliphatic rings. The van der Waals surface area contributed by atoms with Crippen LogP contribution in [-0.4, -0.2) is 119 Å². The largest absolute Gasteiger partial charge is 0.347 e. The lowest BCUT2D eigenvalue weighted by atomic mass is 9.84. The molecule has 2 heterocycles. The number of aryl methyl sites for hydroxylation is 1. The number of fused-ring (bicyclic) bond motifs is 2. The number of rotatable bonds is 17. The number of likely N-dealkylation sites (N-methyl/N-ethyl adjacent to an activating group) is 2. The minimum Gasteiger partial charge on any atom is -0.347 e. The van der Waals surface area contributed by atoms with Gasteiger partial charge in [0.25, 0.3) is 5.91 Å². The number of nitrogens with one attached hydrogen (secondary N) is 6. The topological polar surface area (TPSA) is 201 Å². The summed E-state index contributed by atoms with van der Waals surface area (Å²) in [7, 11) is 3.34. The molecule has 418 valence electrons. The minimum absolute atomic E-state index is 0.0339. The molecule has 0 aromatic heterocycles. The predicted molar refractivity (Wildman–Crippen MR) is 303 cm³/mol. The molecule has 78 heavy (non-hydrogen) atoms. The molecule has 0 saturated carbocycles. The molecule has 16 nitrogen and oxygen atoms in total. The van der Waals surface area contributed by atoms with Gasteiger partial charge in [0, 0.05) is 42.7 Å². The number of carbonyl (C=O) groups excluding carboxylic acids is 7. The fourth-order valence-electron chi connectivity index (χ4n) is 10.8. The van der Waals surface area contributed by atoms with Crippen LogP contribution in [0.2, 0.25) is 5.02 Å². The maximum Gasteiger partial charge on any atom is 0.251 e. The van der Waals surface area contributed by atoms with Crippen LogP contribution in [0.1, 0.15) is 137 Å². The third kappa shape index (κ3) is 13.6. The Morgan fingerprint density at radius 3 is 1.81 bits per heavy atom. The molecule has 0 radical (unpaired) electrons. The van der Waals surface area contributed by atoms with Crippen molar-refractivity contribution in [2.45, 2.75) is 162 Å². The molecule has 1 fully saturated rings. The highest BCUT2D eigenvalue weighted by Gasteiger charge is 2.47. The second kappa shape index (κ2) is 25.0. The Bertz CT molecular complexity index is 2850. The number of nitrogens with zero attached hydrogens (tertiary/aromatic N) is 3. The zero-order valence-corrected chi connectivity index (χ0v) is 47.9. The first-order chi connectivity index (χ1) is 36.9. The predicted octanol–water partition coefficient (Wildman–Crippen LogP) is 6.55. The number of amides is 7. The van der Waals surface area contributed by atoms with Crippen LogP contribution in [0.15, 0.2) is 97.1 Å². The van der Waals surface area contributed by atoms with Crippen LogP contribution >= 0.6 is 11.6 Å². The number of halogens is 1. The molecule has 17 heteroatoms. The third-order valence-electron chi connectivity index (χ3n) is 15.9. The maximum absolute atomic E-state index is 15.5. The minimum atomic E-state index is -0.974. The van der Waals surface area contributed by atoms with Crippen LogP contribution in [0.4, 0.5) is 0 Å². The normalized spacial score (nSPS) is 20.2. The van der Waals surface area contributed by atoms with Crippen LogP contribution in [0.5, 0.6) is 0 Å². The van der Waals surface area contributed by atoms with E-state index in [0.717, 1.165) is 36.0 Å². The standard InChI is InChI=1S/C61H80ClN9O7/c1-36(63-10)53(72)67-51(60(4,5)6)58(77)70-34-43-21-13-12-20-42(43)31-50(70)57(76)69(38(3)45-23-16-17-25-47(45)62)33-39-27-29-41(30-28-39)55(74)65-44-32-49(56(75)66-48-26-18-22-40-19-14-15-24-46(40)48)71(35-44)59(78)52(61(7,8)9)68-54(73)37(2)64-11/h12-17,19-21,23-25,27-30,36-38,44,48-52,63-64H,18,22,26,31-35H2,1-11H3,(H,65,74)(H,66,75)(H,67,72)(H,68,73)/t36?,37?,38-,44+,48-,49+,50?,51?,52?/m1/s1. The van der Waals surface area contributed by atoms with Gasteiger partial charge < -0.3 is 46.6 Å². The molecule has 4 aromatic rings. The van der Waals surface area contributed by atoms with E-state index < -0.39 is 71.0 Å². The second-order valence-corrected chi connectivity index (χ2v) is 23.9. The molecule has 1 saturated heterocycles. The Labute approximate surface area is 465 Å². The lowest BCUT2D eigenvalue weighted by molar-refractivity contribution is -0.152. The van der Waals surface area contributed by atoms with Gasteiger partial charge in [0.15, 0.2) is 0 Å². The molecule has 4 aromatic carbocycles. The number of hydrogen-bond acceptors (Lipinski definition) is 9. The van der Waals surface area contributed by atoms with E-state index in [4.69, 9.17) is 11.6 Å². The Kier molecular flexibility index (Phi) is 18.9. The molecular formula is C61H80ClN9O7. The van der Waals surface area contributed by atoms with Crippen molar-refractivity contribution >= 4 is 53.0 Å². The fraction of sp³-hybridized carbons (Fsp3) is 0.492. The van der Waals surface area contributed by atoms with E-state index >= 15 is 4.79 Å². The Morgan fingerprint density at radius 2 is 1.22 bits per heavy atom. The molecule has 9 atom stereocenters. The first-order valence-electron chi connectivity index (χ1n) is 27.4. The van der Waals surface area contributed by atoms with Gasteiger partial charge in [-0.15, -0.1) is 0 Å². The van der Waals surface area contributed by atoms with E-state index in [1.807, 2.05) is 109 Å². The quantitative estimate of drug-likeness (QED) is 0.0678. The van der Waals surface area contributed by atoms with Crippen LogP contribution in [0.25, 0.3) is 0 Å². The van der Waals surface area contributed by atoms with Crippen LogP contribution in [-0.2, 0) is 54.7 Å². The summed E-state index contributed by atoms with van der Waals surface area (Å²) in [6, 6.07) is 23.7. The summed E-state index contributed by atoms with van der Waals surface area (Å²) in [5.74, 6) is -2.54. The van der Waals surface area contributed by atoms with Gasteiger partial charge >= 0.3 is 0 Å². The Morgan fingerprint density at radius 1 is 0.667 bits per heavy atom. The van der Waals surface area contributed by atoms with Gasteiger partial charge in [-0.25, -0.2) is 0 Å². The summed E-state index contributed by atoms with van der Waals surface area (Å²) in [6.45, 7) is 16.9. The monoisotopic (exact) mass is 1090 g/mol. The molecule has 6 N–H and O–H groups in total. The van der Waals surface area contributed by atoms with Gasteiger partial charge in [0.05, 0.1) is 24.2 Å². The smallest absolute Gasteiger partial charge is 0.251 e. The molecule has 7 rings (SSSR count). The SMILES string of the molecule is CNC(C)C(=O)NC(C(=O)N1Cc2ccccc2CC1C(=O)N(Cc1ccc(C(=O)N[C@H]2C[C@@H](C(=O)N[C@@H]3CCCc4ccccc43)N(C(=O)C(NC(=O)C(C)NC)C(C)(C)C)C2)cc1)[C@H](C)c1ccccc1Cl)C(C)(C)C. The van der Waals surface area contributed by atoms with E-state index in [1.54, 1.807) is 68.1 Å².